The number of hydrogen-bond acceptors (Lipinski definition) is 6. The van der Waals surface area contributed by atoms with Crippen LogP contribution >= 0.6 is 0 Å². The van der Waals surface area contributed by atoms with Gasteiger partial charge in [0.25, 0.3) is 0 Å². The topological polar surface area (TPSA) is 67.2 Å². The van der Waals surface area contributed by atoms with Crippen LogP contribution in [0, 0.1) is 5.92 Å². The minimum absolute atomic E-state index is 0.187. The Bertz CT molecular complexity index is 1260. The van der Waals surface area contributed by atoms with Crippen LogP contribution in [0.4, 0.5) is 19.0 Å². The van der Waals surface area contributed by atoms with Crippen molar-refractivity contribution in [2.45, 2.75) is 77.3 Å². The second-order valence-corrected chi connectivity index (χ2v) is 10.9. The van der Waals surface area contributed by atoms with E-state index in [4.69, 9.17) is 0 Å². The van der Waals surface area contributed by atoms with Gasteiger partial charge < -0.3 is 9.47 Å². The summed E-state index contributed by atoms with van der Waals surface area (Å²) in [5.74, 6) is 1.37. The lowest BCUT2D eigenvalue weighted by atomic mass is 9.90. The molecule has 10 heteroatoms. The summed E-state index contributed by atoms with van der Waals surface area (Å²) < 4.78 is 41.0. The maximum absolute atomic E-state index is 13.0. The number of Topliss-reactive ketones (excluding diaryl/α,β-unsaturated/α-hetero) is 1. The summed E-state index contributed by atoms with van der Waals surface area (Å²) in [7, 11) is 0. The van der Waals surface area contributed by atoms with Crippen molar-refractivity contribution in [3.63, 3.8) is 0 Å². The average Bonchev–Trinajstić information content (AvgIpc) is 3.63. The maximum Gasteiger partial charge on any atom is 0.416 e. The Morgan fingerprint density at radius 2 is 1.70 bits per heavy atom. The number of ketones is 1. The Labute approximate surface area is 214 Å². The first-order chi connectivity index (χ1) is 17.5. The normalized spacial score (nSPS) is 17.9. The number of carbonyl (C=O) groups excluding carboxylic acids is 1. The molecule has 0 spiro atoms. The highest BCUT2D eigenvalue weighted by molar-refractivity contribution is 5.85. The van der Waals surface area contributed by atoms with Gasteiger partial charge in [-0.15, -0.1) is 0 Å². The van der Waals surface area contributed by atoms with Crippen LogP contribution in [0.2, 0.25) is 0 Å². The monoisotopic (exact) mass is 514 g/mol. The zero-order chi connectivity index (χ0) is 26.4. The standard InChI is InChI=1S/C27H33F3N6O/c1-18(37)26(2,3)35-12-10-20(11-13-35)14-34-17-33-23-24(34)31-16-32-25(23)36(22-8-9-22)15-19-4-6-21(7-5-19)27(28,29)30/h4-7,16-17,20,22H,8-15H2,1-3H3. The summed E-state index contributed by atoms with van der Waals surface area (Å²) in [5, 5.41) is 0. The van der Waals surface area contributed by atoms with Crippen molar-refractivity contribution in [3.05, 3.63) is 48.0 Å². The molecule has 0 amide bonds. The number of rotatable bonds is 8. The van der Waals surface area contributed by atoms with Gasteiger partial charge >= 0.3 is 6.18 Å². The molecule has 1 aromatic carbocycles. The minimum Gasteiger partial charge on any atom is -0.347 e. The van der Waals surface area contributed by atoms with Crippen LogP contribution in [0.3, 0.4) is 0 Å². The van der Waals surface area contributed by atoms with Crippen LogP contribution in [-0.2, 0) is 24.1 Å². The highest BCUT2D eigenvalue weighted by Gasteiger charge is 2.35. The lowest BCUT2D eigenvalue weighted by molar-refractivity contribution is -0.137. The summed E-state index contributed by atoms with van der Waals surface area (Å²) in [6, 6.07) is 5.63. The molecule has 2 aliphatic rings. The van der Waals surface area contributed by atoms with Gasteiger partial charge in [-0.25, -0.2) is 15.0 Å². The van der Waals surface area contributed by atoms with Crippen LogP contribution < -0.4 is 4.90 Å². The third-order valence-electron chi connectivity index (χ3n) is 8.00. The molecular weight excluding hydrogens is 481 g/mol. The van der Waals surface area contributed by atoms with E-state index < -0.39 is 17.3 Å². The van der Waals surface area contributed by atoms with Crippen LogP contribution in [0.5, 0.6) is 0 Å². The SMILES string of the molecule is CC(=O)C(C)(C)N1CCC(Cn2cnc3c(N(Cc4ccc(C(F)(F)F)cc4)C4CC4)ncnc32)CC1. The molecule has 0 unspecified atom stereocenters. The molecule has 0 N–H and O–H groups in total. The van der Waals surface area contributed by atoms with Gasteiger partial charge in [-0.1, -0.05) is 12.1 Å². The van der Waals surface area contributed by atoms with Gasteiger partial charge in [0, 0.05) is 19.1 Å². The lowest BCUT2D eigenvalue weighted by Gasteiger charge is -2.41. The van der Waals surface area contributed by atoms with Gasteiger partial charge in [0.2, 0.25) is 0 Å². The number of likely N-dealkylation sites (tertiary alicyclic amines) is 1. The molecule has 7 nitrogen and oxygen atoms in total. The van der Waals surface area contributed by atoms with Gasteiger partial charge in [-0.2, -0.15) is 13.2 Å². The first-order valence-corrected chi connectivity index (χ1v) is 12.9. The van der Waals surface area contributed by atoms with Gasteiger partial charge in [0.15, 0.2) is 17.0 Å². The van der Waals surface area contributed by atoms with E-state index in [9.17, 15) is 18.0 Å². The molecule has 0 atom stereocenters. The predicted octanol–water partition coefficient (Wildman–Crippen LogP) is 5.09. The Balaban J connectivity index is 1.32. The maximum atomic E-state index is 13.0. The second-order valence-electron chi connectivity index (χ2n) is 10.9. The number of hydrogen-bond donors (Lipinski definition) is 0. The van der Waals surface area contributed by atoms with E-state index in [0.29, 0.717) is 18.5 Å². The van der Waals surface area contributed by atoms with E-state index in [1.807, 2.05) is 20.2 Å². The fourth-order valence-corrected chi connectivity index (χ4v) is 5.15. The molecule has 0 bridgehead atoms. The highest BCUT2D eigenvalue weighted by atomic mass is 19.4. The van der Waals surface area contributed by atoms with Crippen LogP contribution in [0.25, 0.3) is 11.2 Å². The largest absolute Gasteiger partial charge is 0.416 e. The number of carbonyl (C=O) groups is 1. The molecule has 1 aliphatic heterocycles. The minimum atomic E-state index is -4.35. The van der Waals surface area contributed by atoms with E-state index in [2.05, 4.69) is 29.3 Å². The van der Waals surface area contributed by atoms with Crippen molar-refractivity contribution in [2.75, 3.05) is 18.0 Å². The number of halogens is 3. The molecular formula is C27H33F3N6O. The third-order valence-corrected chi connectivity index (χ3v) is 8.00. The first kappa shape index (κ1) is 25.6. The Morgan fingerprint density at radius 1 is 1.03 bits per heavy atom. The fourth-order valence-electron chi connectivity index (χ4n) is 5.15. The van der Waals surface area contributed by atoms with Crippen molar-refractivity contribution in [1.29, 1.82) is 0 Å². The van der Waals surface area contributed by atoms with E-state index in [-0.39, 0.29) is 5.78 Å². The Kier molecular flexibility index (Phi) is 6.72. The van der Waals surface area contributed by atoms with Gasteiger partial charge in [0.05, 0.1) is 17.4 Å². The molecule has 198 valence electrons. The van der Waals surface area contributed by atoms with E-state index in [1.165, 1.54) is 12.1 Å². The summed E-state index contributed by atoms with van der Waals surface area (Å²) in [4.78, 5) is 30.2. The molecule has 37 heavy (non-hydrogen) atoms. The Hall–Kier alpha value is -3.01. The second kappa shape index (κ2) is 9.70. The number of anilines is 1. The number of fused-ring (bicyclic) bond motifs is 1. The number of imidazole rings is 1. The number of nitrogens with zero attached hydrogens (tertiary/aromatic N) is 6. The van der Waals surface area contributed by atoms with Gasteiger partial charge in [0.1, 0.15) is 12.1 Å². The summed E-state index contributed by atoms with van der Waals surface area (Å²) in [6.45, 7) is 8.67. The van der Waals surface area contributed by atoms with Gasteiger partial charge in [-0.3, -0.25) is 9.69 Å². The average molecular weight is 515 g/mol. The summed E-state index contributed by atoms with van der Waals surface area (Å²) in [6.07, 6.45) is 3.05. The smallest absolute Gasteiger partial charge is 0.347 e. The van der Waals surface area contributed by atoms with Gasteiger partial charge in [-0.05, 0) is 83.2 Å². The van der Waals surface area contributed by atoms with E-state index in [0.717, 1.165) is 80.0 Å². The van der Waals surface area contributed by atoms with Crippen molar-refractivity contribution in [2.24, 2.45) is 5.92 Å². The molecule has 2 fully saturated rings. The van der Waals surface area contributed by atoms with Crippen molar-refractivity contribution in [1.82, 2.24) is 24.4 Å². The van der Waals surface area contributed by atoms with Crippen LogP contribution in [-0.4, -0.2) is 54.9 Å². The number of alkyl halides is 3. The highest BCUT2D eigenvalue weighted by Crippen LogP contribution is 2.36. The lowest BCUT2D eigenvalue weighted by Crippen LogP contribution is -2.52. The number of benzene rings is 1. The molecule has 3 aromatic rings. The quantitative estimate of drug-likeness (QED) is 0.417. The zero-order valence-corrected chi connectivity index (χ0v) is 21.5. The molecule has 5 rings (SSSR count). The summed E-state index contributed by atoms with van der Waals surface area (Å²) >= 11 is 0. The molecule has 1 saturated heterocycles. The molecule has 1 aliphatic carbocycles. The first-order valence-electron chi connectivity index (χ1n) is 12.9. The summed E-state index contributed by atoms with van der Waals surface area (Å²) in [5.41, 5.74) is 1.21. The molecule has 1 saturated carbocycles. The Morgan fingerprint density at radius 3 is 2.30 bits per heavy atom. The zero-order valence-electron chi connectivity index (χ0n) is 21.5. The molecule has 0 radical (unpaired) electrons. The third kappa shape index (κ3) is 5.35. The molecule has 3 heterocycles. The fraction of sp³-hybridized carbons (Fsp3) is 0.556. The van der Waals surface area contributed by atoms with Crippen LogP contribution in [0.1, 0.15) is 57.6 Å². The van der Waals surface area contributed by atoms with Crippen molar-refractivity contribution >= 4 is 22.8 Å². The number of piperidine rings is 1. The van der Waals surface area contributed by atoms with E-state index >= 15 is 0 Å². The van der Waals surface area contributed by atoms with E-state index in [1.54, 1.807) is 13.3 Å². The van der Waals surface area contributed by atoms with Crippen molar-refractivity contribution in [3.8, 4) is 0 Å². The predicted molar refractivity (Wildman–Crippen MR) is 135 cm³/mol. The molecule has 2 aromatic heterocycles. The number of aromatic nitrogens is 4. The van der Waals surface area contributed by atoms with Crippen LogP contribution in [0.15, 0.2) is 36.9 Å². The van der Waals surface area contributed by atoms with Crippen molar-refractivity contribution < 1.29 is 18.0 Å².